The van der Waals surface area contributed by atoms with Gasteiger partial charge in [0.25, 0.3) is 0 Å². The highest BCUT2D eigenvalue weighted by Gasteiger charge is 2.22. The van der Waals surface area contributed by atoms with Gasteiger partial charge in [0.05, 0.1) is 15.1 Å². The van der Waals surface area contributed by atoms with E-state index in [1.165, 1.54) is 28.0 Å². The molecule has 1 fully saturated rings. The van der Waals surface area contributed by atoms with Crippen molar-refractivity contribution >= 4 is 42.4 Å². The number of halogens is 1. The van der Waals surface area contributed by atoms with Crippen LogP contribution in [0.25, 0.3) is 10.2 Å². The second-order valence-corrected chi connectivity index (χ2v) is 11.2. The van der Waals surface area contributed by atoms with Crippen molar-refractivity contribution < 1.29 is 17.6 Å². The summed E-state index contributed by atoms with van der Waals surface area (Å²) in [6, 6.07) is 8.73. The highest BCUT2D eigenvalue weighted by molar-refractivity contribution is 7.92. The van der Waals surface area contributed by atoms with Crippen LogP contribution in [0.15, 0.2) is 41.3 Å². The summed E-state index contributed by atoms with van der Waals surface area (Å²) in [5.41, 5.74) is 3.51. The Kier molecular flexibility index (Phi) is 6.96. The number of nitrogens with one attached hydrogen (secondary N) is 1. The second kappa shape index (κ2) is 9.74. The lowest BCUT2D eigenvalue weighted by atomic mass is 10.1. The summed E-state index contributed by atoms with van der Waals surface area (Å²) in [4.78, 5) is 21.5. The minimum Gasteiger partial charge on any atom is -0.354 e. The number of fused-ring (bicyclic) bond motifs is 1. The number of aryl methyl sites for hydroxylation is 2. The van der Waals surface area contributed by atoms with Crippen LogP contribution in [0.2, 0.25) is 0 Å². The second-order valence-electron chi connectivity index (χ2n) is 8.27. The predicted octanol–water partition coefficient (Wildman–Crippen LogP) is 2.76. The molecule has 1 aromatic heterocycles. The largest absolute Gasteiger partial charge is 0.354 e. The Balaban J connectivity index is 1.24. The normalized spacial score (nSPS) is 15.2. The summed E-state index contributed by atoms with van der Waals surface area (Å²) in [6.45, 7) is 8.61. The van der Waals surface area contributed by atoms with Crippen LogP contribution in [0, 0.1) is 19.7 Å². The molecule has 0 bridgehead atoms. The van der Waals surface area contributed by atoms with Crippen molar-refractivity contribution in [1.82, 2.24) is 15.2 Å². The van der Waals surface area contributed by atoms with Gasteiger partial charge in [-0.1, -0.05) is 23.5 Å². The number of nitrogens with zero attached hydrogens (tertiary/aromatic N) is 3. The fraction of sp³-hybridized carbons (Fsp3) is 0.391. The lowest BCUT2D eigenvalue weighted by Gasteiger charge is -2.34. The Hall–Kier alpha value is -2.56. The van der Waals surface area contributed by atoms with Crippen molar-refractivity contribution in [1.29, 1.82) is 0 Å². The third kappa shape index (κ3) is 5.51. The maximum atomic E-state index is 13.0. The molecule has 176 valence electrons. The number of carbonyl (C=O) groups is 1. The minimum atomic E-state index is -3.79. The maximum absolute atomic E-state index is 13.0. The molecule has 4 rings (SSSR count). The SMILES string of the molecule is Cc1ccc(C)c2sc(N3CCN(CCNC(=O)CS(=O)(=O)c4ccc(F)cc4)CC3)nc12. The first-order valence-electron chi connectivity index (χ1n) is 10.8. The van der Waals surface area contributed by atoms with E-state index in [-0.39, 0.29) is 4.90 Å². The van der Waals surface area contributed by atoms with Crippen molar-refractivity contribution in [3.63, 3.8) is 0 Å². The standard InChI is InChI=1S/C23H27FN4O3S2/c1-16-3-4-17(2)22-21(16)26-23(32-22)28-13-11-27(12-14-28)10-9-25-20(29)15-33(30,31)19-7-5-18(24)6-8-19/h3-8H,9-15H2,1-2H3,(H,25,29). The highest BCUT2D eigenvalue weighted by Crippen LogP contribution is 2.33. The Labute approximate surface area is 197 Å². The first-order valence-corrected chi connectivity index (χ1v) is 13.3. The van der Waals surface area contributed by atoms with Gasteiger partial charge in [0.1, 0.15) is 11.6 Å². The van der Waals surface area contributed by atoms with E-state index < -0.39 is 27.3 Å². The molecule has 0 aliphatic carbocycles. The number of aromatic nitrogens is 1. The Morgan fingerprint density at radius 1 is 1.06 bits per heavy atom. The molecule has 0 spiro atoms. The van der Waals surface area contributed by atoms with E-state index in [0.29, 0.717) is 13.1 Å². The monoisotopic (exact) mass is 490 g/mol. The third-order valence-electron chi connectivity index (χ3n) is 5.82. The quantitative estimate of drug-likeness (QED) is 0.513. The van der Waals surface area contributed by atoms with Crippen LogP contribution in [0.4, 0.5) is 9.52 Å². The summed E-state index contributed by atoms with van der Waals surface area (Å²) in [7, 11) is -3.79. The number of rotatable bonds is 7. The molecule has 2 aromatic carbocycles. The van der Waals surface area contributed by atoms with Crippen LogP contribution in [0.3, 0.4) is 0 Å². The number of anilines is 1. The number of benzene rings is 2. The molecular weight excluding hydrogens is 463 g/mol. The van der Waals surface area contributed by atoms with E-state index in [1.54, 1.807) is 11.3 Å². The number of sulfone groups is 1. The van der Waals surface area contributed by atoms with Gasteiger partial charge in [-0.3, -0.25) is 9.69 Å². The van der Waals surface area contributed by atoms with Crippen molar-refractivity contribution in [2.24, 2.45) is 0 Å². The van der Waals surface area contributed by atoms with E-state index >= 15 is 0 Å². The number of thiazole rings is 1. The molecule has 7 nitrogen and oxygen atoms in total. The number of hydrogen-bond acceptors (Lipinski definition) is 7. The Morgan fingerprint density at radius 3 is 2.39 bits per heavy atom. The van der Waals surface area contributed by atoms with Gasteiger partial charge in [-0.2, -0.15) is 0 Å². The first kappa shape index (κ1) is 23.6. The predicted molar refractivity (Wildman–Crippen MR) is 129 cm³/mol. The molecule has 0 radical (unpaired) electrons. The molecule has 0 saturated carbocycles. The van der Waals surface area contributed by atoms with Gasteiger partial charge in [-0.15, -0.1) is 0 Å². The van der Waals surface area contributed by atoms with Gasteiger partial charge in [0, 0.05) is 39.3 Å². The van der Waals surface area contributed by atoms with Crippen LogP contribution in [-0.2, 0) is 14.6 Å². The minimum absolute atomic E-state index is 0.0598. The van der Waals surface area contributed by atoms with Crippen LogP contribution >= 0.6 is 11.3 Å². The highest BCUT2D eigenvalue weighted by atomic mass is 32.2. The van der Waals surface area contributed by atoms with Crippen LogP contribution < -0.4 is 10.2 Å². The summed E-state index contributed by atoms with van der Waals surface area (Å²) < 4.78 is 38.8. The molecular formula is C23H27FN4O3S2. The third-order valence-corrected chi connectivity index (χ3v) is 8.70. The number of piperazine rings is 1. The van der Waals surface area contributed by atoms with Crippen LogP contribution in [0.1, 0.15) is 11.1 Å². The van der Waals surface area contributed by atoms with Gasteiger partial charge >= 0.3 is 0 Å². The van der Waals surface area contributed by atoms with Crippen molar-refractivity contribution in [2.45, 2.75) is 18.7 Å². The van der Waals surface area contributed by atoms with E-state index in [0.717, 1.165) is 49.0 Å². The lowest BCUT2D eigenvalue weighted by molar-refractivity contribution is -0.118. The van der Waals surface area contributed by atoms with Gasteiger partial charge in [0.2, 0.25) is 5.91 Å². The van der Waals surface area contributed by atoms with Crippen LogP contribution in [0.5, 0.6) is 0 Å². The summed E-state index contributed by atoms with van der Waals surface area (Å²) >= 11 is 1.73. The molecule has 1 aliphatic rings. The Morgan fingerprint density at radius 2 is 1.73 bits per heavy atom. The molecule has 10 heteroatoms. The van der Waals surface area contributed by atoms with Crippen LogP contribution in [-0.4, -0.2) is 69.2 Å². The summed E-state index contributed by atoms with van der Waals surface area (Å²) in [6.07, 6.45) is 0. The van der Waals surface area contributed by atoms with Gasteiger partial charge in [-0.05, 0) is 49.2 Å². The van der Waals surface area contributed by atoms with E-state index in [2.05, 4.69) is 41.1 Å². The fourth-order valence-corrected chi connectivity index (χ4v) is 6.18. The molecule has 1 amide bonds. The van der Waals surface area contributed by atoms with Crippen molar-refractivity contribution in [3.8, 4) is 0 Å². The maximum Gasteiger partial charge on any atom is 0.235 e. The molecule has 3 aromatic rings. The molecule has 2 heterocycles. The topological polar surface area (TPSA) is 82.6 Å². The zero-order valence-corrected chi connectivity index (χ0v) is 20.3. The van der Waals surface area contributed by atoms with E-state index in [4.69, 9.17) is 4.98 Å². The molecule has 0 atom stereocenters. The van der Waals surface area contributed by atoms with Gasteiger partial charge in [0.15, 0.2) is 15.0 Å². The van der Waals surface area contributed by atoms with Crippen molar-refractivity contribution in [2.75, 3.05) is 49.9 Å². The zero-order valence-electron chi connectivity index (χ0n) is 18.7. The Bertz CT molecular complexity index is 1210. The number of hydrogen-bond donors (Lipinski definition) is 1. The average molecular weight is 491 g/mol. The van der Waals surface area contributed by atoms with Crippen molar-refractivity contribution in [3.05, 3.63) is 53.3 Å². The molecule has 1 saturated heterocycles. The summed E-state index contributed by atoms with van der Waals surface area (Å²) in [5.74, 6) is -1.73. The van der Waals surface area contributed by atoms with E-state index in [9.17, 15) is 17.6 Å². The van der Waals surface area contributed by atoms with E-state index in [1.807, 2.05) is 0 Å². The first-order chi connectivity index (χ1) is 15.7. The molecule has 33 heavy (non-hydrogen) atoms. The zero-order chi connectivity index (χ0) is 23.6. The lowest BCUT2D eigenvalue weighted by Crippen LogP contribution is -2.48. The fourth-order valence-electron chi connectivity index (χ4n) is 3.85. The van der Waals surface area contributed by atoms with Gasteiger partial charge < -0.3 is 10.2 Å². The number of carbonyl (C=O) groups excluding carboxylic acids is 1. The molecule has 1 aliphatic heterocycles. The summed E-state index contributed by atoms with van der Waals surface area (Å²) in [5, 5.41) is 3.73. The smallest absolute Gasteiger partial charge is 0.235 e. The molecule has 1 N–H and O–H groups in total. The average Bonchev–Trinajstić information content (AvgIpc) is 3.24. The molecule has 0 unspecified atom stereocenters. The number of amides is 1. The van der Waals surface area contributed by atoms with Gasteiger partial charge in [-0.25, -0.2) is 17.8 Å².